The maximum Gasteiger partial charge on any atom is 0.254 e. The van der Waals surface area contributed by atoms with E-state index < -0.39 is 0 Å². The second kappa shape index (κ2) is 6.25. The molecule has 0 aliphatic heterocycles. The summed E-state index contributed by atoms with van der Waals surface area (Å²) in [6.07, 6.45) is 4.18. The molecule has 4 heteroatoms. The van der Waals surface area contributed by atoms with E-state index >= 15 is 0 Å². The van der Waals surface area contributed by atoms with Crippen LogP contribution in [0.3, 0.4) is 0 Å². The number of hydrogen-bond donors (Lipinski definition) is 1. The van der Waals surface area contributed by atoms with Crippen LogP contribution in [0.4, 0.5) is 0 Å². The number of amides is 1. The number of nitrogens with zero attached hydrogens (tertiary/aromatic N) is 1. The van der Waals surface area contributed by atoms with Gasteiger partial charge in [-0.15, -0.1) is 0 Å². The molecule has 1 aromatic rings. The van der Waals surface area contributed by atoms with Gasteiger partial charge in [0.15, 0.2) is 0 Å². The summed E-state index contributed by atoms with van der Waals surface area (Å²) in [6.45, 7) is 0.475. The summed E-state index contributed by atoms with van der Waals surface area (Å²) in [7, 11) is 0. The van der Waals surface area contributed by atoms with Crippen LogP contribution in [0.5, 0.6) is 0 Å². The third kappa shape index (κ3) is 3.27. The predicted molar refractivity (Wildman–Crippen MR) is 74.8 cm³/mol. The number of aliphatic hydroxyl groups is 1. The largest absolute Gasteiger partial charge is 0.395 e. The first-order valence-corrected chi connectivity index (χ1v) is 7.65. The first kappa shape index (κ1) is 13.4. The van der Waals surface area contributed by atoms with E-state index in [1.165, 1.54) is 5.56 Å². The van der Waals surface area contributed by atoms with Gasteiger partial charge in [0.25, 0.3) is 5.91 Å². The molecular weight excluding hydrogens is 246 g/mol. The SMILES string of the molecule is CSCc1cccc(C(=O)N(CCO)C2CC2)c1. The molecular formula is C14H19NO2S. The summed E-state index contributed by atoms with van der Waals surface area (Å²) in [6, 6.07) is 8.14. The van der Waals surface area contributed by atoms with Crippen molar-refractivity contribution < 1.29 is 9.90 Å². The predicted octanol–water partition coefficient (Wildman–Crippen LogP) is 2.15. The fourth-order valence-corrected chi connectivity index (χ4v) is 2.58. The first-order chi connectivity index (χ1) is 8.76. The molecule has 3 nitrogen and oxygen atoms in total. The molecule has 98 valence electrons. The van der Waals surface area contributed by atoms with Crippen molar-refractivity contribution in [3.05, 3.63) is 35.4 Å². The second-order valence-corrected chi connectivity index (χ2v) is 5.45. The van der Waals surface area contributed by atoms with Crippen LogP contribution >= 0.6 is 11.8 Å². The monoisotopic (exact) mass is 265 g/mol. The molecule has 0 saturated heterocycles. The lowest BCUT2D eigenvalue weighted by Gasteiger charge is -2.21. The van der Waals surface area contributed by atoms with Gasteiger partial charge >= 0.3 is 0 Å². The van der Waals surface area contributed by atoms with Crippen LogP contribution < -0.4 is 0 Å². The molecule has 0 atom stereocenters. The lowest BCUT2D eigenvalue weighted by molar-refractivity contribution is 0.0707. The van der Waals surface area contributed by atoms with E-state index in [0.29, 0.717) is 12.6 Å². The van der Waals surface area contributed by atoms with Gasteiger partial charge in [0.1, 0.15) is 0 Å². The molecule has 0 unspecified atom stereocenters. The van der Waals surface area contributed by atoms with Gasteiger partial charge in [0.05, 0.1) is 6.61 Å². The molecule has 0 bridgehead atoms. The topological polar surface area (TPSA) is 40.5 Å². The Hall–Kier alpha value is -1.00. The van der Waals surface area contributed by atoms with Gasteiger partial charge in [0, 0.05) is 23.9 Å². The number of benzene rings is 1. The van der Waals surface area contributed by atoms with Crippen molar-refractivity contribution in [2.24, 2.45) is 0 Å². The molecule has 1 aromatic carbocycles. The Balaban J connectivity index is 2.13. The van der Waals surface area contributed by atoms with Crippen molar-refractivity contribution in [2.45, 2.75) is 24.6 Å². The molecule has 1 aliphatic rings. The van der Waals surface area contributed by atoms with Crippen LogP contribution in [0.2, 0.25) is 0 Å². The Labute approximate surface area is 112 Å². The Kier molecular flexibility index (Phi) is 4.66. The fraction of sp³-hybridized carbons (Fsp3) is 0.500. The third-order valence-corrected chi connectivity index (χ3v) is 3.70. The van der Waals surface area contributed by atoms with Crippen LogP contribution in [0.15, 0.2) is 24.3 Å². The zero-order valence-corrected chi connectivity index (χ0v) is 11.4. The van der Waals surface area contributed by atoms with E-state index in [0.717, 1.165) is 24.2 Å². The first-order valence-electron chi connectivity index (χ1n) is 6.26. The Bertz CT molecular complexity index is 418. The highest BCUT2D eigenvalue weighted by Crippen LogP contribution is 2.28. The van der Waals surface area contributed by atoms with E-state index in [2.05, 4.69) is 6.26 Å². The molecule has 0 spiro atoms. The fourth-order valence-electron chi connectivity index (χ4n) is 2.07. The lowest BCUT2D eigenvalue weighted by Crippen LogP contribution is -2.35. The molecule has 1 saturated carbocycles. The highest BCUT2D eigenvalue weighted by atomic mass is 32.2. The molecule has 2 rings (SSSR count). The molecule has 1 fully saturated rings. The van der Waals surface area contributed by atoms with Gasteiger partial charge in [0.2, 0.25) is 0 Å². The maximum absolute atomic E-state index is 12.4. The normalized spacial score (nSPS) is 14.6. The zero-order valence-electron chi connectivity index (χ0n) is 10.6. The van der Waals surface area contributed by atoms with Gasteiger partial charge in [-0.05, 0) is 36.8 Å². The quantitative estimate of drug-likeness (QED) is 0.857. The minimum atomic E-state index is 0.0345. The third-order valence-electron chi connectivity index (χ3n) is 3.07. The Morgan fingerprint density at radius 3 is 2.89 bits per heavy atom. The molecule has 1 amide bonds. The van der Waals surface area contributed by atoms with E-state index in [9.17, 15) is 4.79 Å². The number of thioether (sulfide) groups is 1. The molecule has 18 heavy (non-hydrogen) atoms. The molecule has 0 radical (unpaired) electrons. The summed E-state index contributed by atoms with van der Waals surface area (Å²) in [5.41, 5.74) is 1.91. The second-order valence-electron chi connectivity index (χ2n) is 4.59. The summed E-state index contributed by atoms with van der Waals surface area (Å²) < 4.78 is 0. The van der Waals surface area contributed by atoms with Crippen LogP contribution in [-0.2, 0) is 5.75 Å². The molecule has 1 N–H and O–H groups in total. The van der Waals surface area contributed by atoms with E-state index in [4.69, 9.17) is 5.11 Å². The average molecular weight is 265 g/mol. The summed E-state index contributed by atoms with van der Waals surface area (Å²) in [4.78, 5) is 14.2. The number of aliphatic hydroxyl groups excluding tert-OH is 1. The van der Waals surface area contributed by atoms with Crippen molar-refractivity contribution in [1.82, 2.24) is 4.90 Å². The van der Waals surface area contributed by atoms with Crippen molar-refractivity contribution in [3.63, 3.8) is 0 Å². The minimum Gasteiger partial charge on any atom is -0.395 e. The Morgan fingerprint density at radius 2 is 2.28 bits per heavy atom. The van der Waals surface area contributed by atoms with E-state index in [-0.39, 0.29) is 12.5 Å². The number of carbonyl (C=O) groups is 1. The van der Waals surface area contributed by atoms with Gasteiger partial charge in [-0.3, -0.25) is 4.79 Å². The van der Waals surface area contributed by atoms with Crippen molar-refractivity contribution in [1.29, 1.82) is 0 Å². The van der Waals surface area contributed by atoms with Crippen LogP contribution in [0, 0.1) is 0 Å². The minimum absolute atomic E-state index is 0.0345. The maximum atomic E-state index is 12.4. The van der Waals surface area contributed by atoms with E-state index in [1.807, 2.05) is 24.3 Å². The van der Waals surface area contributed by atoms with Gasteiger partial charge in [-0.25, -0.2) is 0 Å². The number of carbonyl (C=O) groups excluding carboxylic acids is 1. The average Bonchev–Trinajstić information content (AvgIpc) is 3.20. The van der Waals surface area contributed by atoms with Crippen LogP contribution in [0.1, 0.15) is 28.8 Å². The van der Waals surface area contributed by atoms with Crippen molar-refractivity contribution >= 4 is 17.7 Å². The summed E-state index contributed by atoms with van der Waals surface area (Å²) in [5, 5.41) is 9.05. The van der Waals surface area contributed by atoms with Crippen molar-refractivity contribution in [3.8, 4) is 0 Å². The van der Waals surface area contributed by atoms with E-state index in [1.54, 1.807) is 16.7 Å². The summed E-state index contributed by atoms with van der Waals surface area (Å²) >= 11 is 1.75. The number of hydrogen-bond acceptors (Lipinski definition) is 3. The highest BCUT2D eigenvalue weighted by molar-refractivity contribution is 7.97. The lowest BCUT2D eigenvalue weighted by atomic mass is 10.1. The van der Waals surface area contributed by atoms with Crippen LogP contribution in [-0.4, -0.2) is 41.4 Å². The van der Waals surface area contributed by atoms with Gasteiger partial charge < -0.3 is 10.0 Å². The molecule has 0 heterocycles. The van der Waals surface area contributed by atoms with Gasteiger partial charge in [-0.1, -0.05) is 12.1 Å². The highest BCUT2D eigenvalue weighted by Gasteiger charge is 2.32. The standard InChI is InChI=1S/C14H19NO2S/c1-18-10-11-3-2-4-12(9-11)14(17)15(7-8-16)13-5-6-13/h2-4,9,13,16H,5-8,10H2,1H3. The van der Waals surface area contributed by atoms with Gasteiger partial charge in [-0.2, -0.15) is 11.8 Å². The smallest absolute Gasteiger partial charge is 0.254 e. The zero-order chi connectivity index (χ0) is 13.0. The van der Waals surface area contributed by atoms with Crippen molar-refractivity contribution in [2.75, 3.05) is 19.4 Å². The number of rotatable bonds is 6. The Morgan fingerprint density at radius 1 is 1.50 bits per heavy atom. The molecule has 0 aromatic heterocycles. The van der Waals surface area contributed by atoms with Crippen LogP contribution in [0.25, 0.3) is 0 Å². The summed E-state index contributed by atoms with van der Waals surface area (Å²) in [5.74, 6) is 0.972. The molecule has 1 aliphatic carbocycles.